The standard InChI is InChI=1S/C20H23F2N3O/c1-14-9-11-25(12-10-14)16-7-5-15(6-8-16)23-13-19(26)24-20-17(21)3-2-4-18(20)22/h2-8,14,23H,9-13H2,1H3,(H,24,26). The van der Waals surface area contributed by atoms with Crippen LogP contribution in [0, 0.1) is 17.6 Å². The number of anilines is 3. The molecule has 0 spiro atoms. The van der Waals surface area contributed by atoms with Crippen molar-refractivity contribution >= 4 is 23.0 Å². The van der Waals surface area contributed by atoms with Crippen molar-refractivity contribution in [2.75, 3.05) is 35.2 Å². The molecule has 0 radical (unpaired) electrons. The maximum atomic E-state index is 13.5. The molecule has 1 aliphatic heterocycles. The van der Waals surface area contributed by atoms with Gasteiger partial charge in [0.15, 0.2) is 0 Å². The third-order valence-electron chi connectivity index (χ3n) is 4.70. The van der Waals surface area contributed by atoms with Gasteiger partial charge in [0.2, 0.25) is 5.91 Å². The minimum absolute atomic E-state index is 0.0750. The van der Waals surface area contributed by atoms with Crippen molar-refractivity contribution in [3.8, 4) is 0 Å². The summed E-state index contributed by atoms with van der Waals surface area (Å²) in [6.45, 7) is 4.33. The van der Waals surface area contributed by atoms with E-state index in [1.165, 1.54) is 24.6 Å². The lowest BCUT2D eigenvalue weighted by Crippen LogP contribution is -2.32. The van der Waals surface area contributed by atoms with Crippen LogP contribution >= 0.6 is 0 Å². The first-order valence-electron chi connectivity index (χ1n) is 8.85. The molecule has 1 fully saturated rings. The second-order valence-corrected chi connectivity index (χ2v) is 6.71. The summed E-state index contributed by atoms with van der Waals surface area (Å²) in [5.74, 6) is -1.31. The van der Waals surface area contributed by atoms with E-state index in [1.807, 2.05) is 24.3 Å². The summed E-state index contributed by atoms with van der Waals surface area (Å²) >= 11 is 0. The van der Waals surface area contributed by atoms with Gasteiger partial charge in [-0.3, -0.25) is 4.79 Å². The summed E-state index contributed by atoms with van der Waals surface area (Å²) in [6, 6.07) is 11.3. The van der Waals surface area contributed by atoms with E-state index >= 15 is 0 Å². The fraction of sp³-hybridized carbons (Fsp3) is 0.350. The Morgan fingerprint density at radius 2 is 1.69 bits per heavy atom. The smallest absolute Gasteiger partial charge is 0.243 e. The van der Waals surface area contributed by atoms with Crippen LogP contribution in [0.2, 0.25) is 0 Å². The molecule has 26 heavy (non-hydrogen) atoms. The van der Waals surface area contributed by atoms with E-state index in [9.17, 15) is 13.6 Å². The van der Waals surface area contributed by atoms with Gasteiger partial charge in [0.1, 0.15) is 17.3 Å². The van der Waals surface area contributed by atoms with Gasteiger partial charge in [0.05, 0.1) is 6.54 Å². The molecule has 0 bridgehead atoms. The van der Waals surface area contributed by atoms with Gasteiger partial charge in [-0.05, 0) is 55.2 Å². The monoisotopic (exact) mass is 359 g/mol. The summed E-state index contributed by atoms with van der Waals surface area (Å²) < 4.78 is 27.1. The van der Waals surface area contributed by atoms with Crippen molar-refractivity contribution in [3.63, 3.8) is 0 Å². The Morgan fingerprint density at radius 3 is 2.31 bits per heavy atom. The van der Waals surface area contributed by atoms with Crippen LogP contribution in [0.3, 0.4) is 0 Å². The molecule has 3 rings (SSSR count). The molecule has 0 saturated carbocycles. The average molecular weight is 359 g/mol. The molecular weight excluding hydrogens is 336 g/mol. The topological polar surface area (TPSA) is 44.4 Å². The number of nitrogens with zero attached hydrogens (tertiary/aromatic N) is 1. The molecule has 1 heterocycles. The predicted molar refractivity (Wildman–Crippen MR) is 101 cm³/mol. The van der Waals surface area contributed by atoms with Crippen LogP contribution in [0.15, 0.2) is 42.5 Å². The first-order valence-corrected chi connectivity index (χ1v) is 8.85. The van der Waals surface area contributed by atoms with E-state index in [4.69, 9.17) is 0 Å². The molecule has 1 saturated heterocycles. The first kappa shape index (κ1) is 18.2. The van der Waals surface area contributed by atoms with Crippen LogP contribution < -0.4 is 15.5 Å². The van der Waals surface area contributed by atoms with Crippen molar-refractivity contribution in [1.29, 1.82) is 0 Å². The van der Waals surface area contributed by atoms with Crippen LogP contribution in [-0.4, -0.2) is 25.5 Å². The molecule has 0 unspecified atom stereocenters. The van der Waals surface area contributed by atoms with E-state index in [0.29, 0.717) is 0 Å². The number of piperidine rings is 1. The van der Waals surface area contributed by atoms with Gasteiger partial charge in [-0.15, -0.1) is 0 Å². The zero-order valence-corrected chi connectivity index (χ0v) is 14.8. The van der Waals surface area contributed by atoms with E-state index in [0.717, 1.165) is 36.8 Å². The largest absolute Gasteiger partial charge is 0.376 e. The molecule has 0 aromatic heterocycles. The summed E-state index contributed by atoms with van der Waals surface area (Å²) in [4.78, 5) is 14.3. The van der Waals surface area contributed by atoms with Gasteiger partial charge in [-0.2, -0.15) is 0 Å². The van der Waals surface area contributed by atoms with Crippen molar-refractivity contribution in [1.82, 2.24) is 0 Å². The third kappa shape index (κ3) is 4.50. The van der Waals surface area contributed by atoms with E-state index in [1.54, 1.807) is 0 Å². The van der Waals surface area contributed by atoms with E-state index in [-0.39, 0.29) is 6.54 Å². The summed E-state index contributed by atoms with van der Waals surface area (Å²) in [7, 11) is 0. The number of rotatable bonds is 5. The molecule has 138 valence electrons. The lowest BCUT2D eigenvalue weighted by molar-refractivity contribution is -0.114. The number of nitrogens with one attached hydrogen (secondary N) is 2. The zero-order valence-electron chi connectivity index (χ0n) is 14.8. The number of carbonyl (C=O) groups is 1. The van der Waals surface area contributed by atoms with Crippen molar-refractivity contribution in [3.05, 3.63) is 54.1 Å². The fourth-order valence-electron chi connectivity index (χ4n) is 3.04. The highest BCUT2D eigenvalue weighted by atomic mass is 19.1. The molecule has 4 nitrogen and oxygen atoms in total. The van der Waals surface area contributed by atoms with Gasteiger partial charge in [0, 0.05) is 24.5 Å². The minimum atomic E-state index is -0.793. The maximum absolute atomic E-state index is 13.5. The number of hydrogen-bond donors (Lipinski definition) is 2. The lowest BCUT2D eigenvalue weighted by atomic mass is 9.99. The Bertz CT molecular complexity index is 736. The van der Waals surface area contributed by atoms with Crippen molar-refractivity contribution in [2.24, 2.45) is 5.92 Å². The van der Waals surface area contributed by atoms with Crippen molar-refractivity contribution < 1.29 is 13.6 Å². The number of halogens is 2. The molecule has 1 amide bonds. The average Bonchev–Trinajstić information content (AvgIpc) is 2.64. The Labute approximate surface area is 152 Å². The quantitative estimate of drug-likeness (QED) is 0.839. The zero-order chi connectivity index (χ0) is 18.5. The van der Waals surface area contributed by atoms with Crippen LogP contribution in [0.25, 0.3) is 0 Å². The van der Waals surface area contributed by atoms with Crippen LogP contribution in [0.1, 0.15) is 19.8 Å². The van der Waals surface area contributed by atoms with Gasteiger partial charge in [-0.25, -0.2) is 8.78 Å². The maximum Gasteiger partial charge on any atom is 0.243 e. The van der Waals surface area contributed by atoms with Crippen LogP contribution in [-0.2, 0) is 4.79 Å². The Hall–Kier alpha value is -2.63. The van der Waals surface area contributed by atoms with Gasteiger partial charge in [-0.1, -0.05) is 13.0 Å². The highest BCUT2D eigenvalue weighted by Gasteiger charge is 2.16. The van der Waals surface area contributed by atoms with E-state index in [2.05, 4.69) is 22.5 Å². The highest BCUT2D eigenvalue weighted by molar-refractivity contribution is 5.94. The number of benzene rings is 2. The highest BCUT2D eigenvalue weighted by Crippen LogP contribution is 2.24. The number of hydrogen-bond acceptors (Lipinski definition) is 3. The second-order valence-electron chi connectivity index (χ2n) is 6.71. The SMILES string of the molecule is CC1CCN(c2ccc(NCC(=O)Nc3c(F)cccc3F)cc2)CC1. The molecule has 6 heteroatoms. The van der Waals surface area contributed by atoms with E-state index < -0.39 is 23.2 Å². The summed E-state index contributed by atoms with van der Waals surface area (Å²) in [5.41, 5.74) is 1.53. The molecule has 2 N–H and O–H groups in total. The van der Waals surface area contributed by atoms with Crippen LogP contribution in [0.5, 0.6) is 0 Å². The Kier molecular flexibility index (Phi) is 5.71. The van der Waals surface area contributed by atoms with Gasteiger partial charge < -0.3 is 15.5 Å². The molecule has 0 atom stereocenters. The number of amides is 1. The second kappa shape index (κ2) is 8.17. The van der Waals surface area contributed by atoms with Crippen LogP contribution in [0.4, 0.5) is 25.8 Å². The third-order valence-corrected chi connectivity index (χ3v) is 4.70. The molecular formula is C20H23F2N3O. The number of para-hydroxylation sites is 1. The summed E-state index contributed by atoms with van der Waals surface area (Å²) in [5, 5.41) is 5.22. The first-order chi connectivity index (χ1) is 12.5. The predicted octanol–water partition coefficient (Wildman–Crippen LogP) is 4.25. The number of carbonyl (C=O) groups excluding carboxylic acids is 1. The van der Waals surface area contributed by atoms with Gasteiger partial charge in [0.25, 0.3) is 0 Å². The molecule has 1 aliphatic rings. The fourth-order valence-corrected chi connectivity index (χ4v) is 3.04. The summed E-state index contributed by atoms with van der Waals surface area (Å²) in [6.07, 6.45) is 2.40. The Balaban J connectivity index is 1.52. The minimum Gasteiger partial charge on any atom is -0.376 e. The molecule has 2 aromatic carbocycles. The molecule has 2 aromatic rings. The normalized spacial score (nSPS) is 15.0. The van der Waals surface area contributed by atoms with Crippen molar-refractivity contribution in [2.45, 2.75) is 19.8 Å². The lowest BCUT2D eigenvalue weighted by Gasteiger charge is -2.32. The Morgan fingerprint density at radius 1 is 1.08 bits per heavy atom. The molecule has 0 aliphatic carbocycles. The van der Waals surface area contributed by atoms with Gasteiger partial charge >= 0.3 is 0 Å².